The standard InChI is InChI=1S/C31H35N3O6/c1-30(2,3)40-29(37)34-18-22(19-34)33-27(35)25-23-15-16-31(39-23,26(25)28(36)38-4)24(17-20-11-7-5-8-12-20)32-21-13-9-6-10-14-21/h5-16,22-24,32H,17-19H2,1-4H3,(H,33,35). The number of likely N-dealkylation sites (tertiary alicyclic amines) is 1. The molecule has 2 aromatic rings. The molecule has 3 heterocycles. The molecule has 3 aliphatic rings. The van der Waals surface area contributed by atoms with Gasteiger partial charge < -0.3 is 29.7 Å². The van der Waals surface area contributed by atoms with E-state index in [-0.39, 0.29) is 17.2 Å². The molecule has 0 aliphatic carbocycles. The Balaban J connectivity index is 1.41. The van der Waals surface area contributed by atoms with E-state index < -0.39 is 41.3 Å². The van der Waals surface area contributed by atoms with Gasteiger partial charge in [-0.2, -0.15) is 0 Å². The zero-order valence-corrected chi connectivity index (χ0v) is 23.2. The topological polar surface area (TPSA) is 106 Å². The first-order valence-corrected chi connectivity index (χ1v) is 13.4. The lowest BCUT2D eigenvalue weighted by Crippen LogP contribution is -2.62. The number of fused-ring (bicyclic) bond motifs is 2. The Bertz CT molecular complexity index is 1290. The first kappa shape index (κ1) is 27.5. The minimum Gasteiger partial charge on any atom is -0.466 e. The fraction of sp³-hybridized carbons (Fsp3) is 0.387. The minimum absolute atomic E-state index is 0.188. The molecule has 0 radical (unpaired) electrons. The fourth-order valence-electron chi connectivity index (χ4n) is 5.36. The van der Waals surface area contributed by atoms with Crippen molar-refractivity contribution in [2.45, 2.75) is 56.6 Å². The van der Waals surface area contributed by atoms with Crippen molar-refractivity contribution in [1.29, 1.82) is 0 Å². The second-order valence-electron chi connectivity index (χ2n) is 11.3. The average molecular weight is 546 g/mol. The van der Waals surface area contributed by atoms with Gasteiger partial charge in [-0.25, -0.2) is 9.59 Å². The Morgan fingerprint density at radius 1 is 1.05 bits per heavy atom. The molecule has 2 amide bonds. The molecule has 3 atom stereocenters. The molecule has 2 bridgehead atoms. The maximum atomic E-state index is 13.6. The van der Waals surface area contributed by atoms with Crippen LogP contribution in [0.4, 0.5) is 10.5 Å². The number of rotatable bonds is 8. The van der Waals surface area contributed by atoms with Crippen LogP contribution in [0, 0.1) is 0 Å². The average Bonchev–Trinajstić information content (AvgIpc) is 3.48. The largest absolute Gasteiger partial charge is 0.466 e. The molecule has 0 saturated carbocycles. The number of nitrogens with one attached hydrogen (secondary N) is 2. The number of methoxy groups -OCH3 is 1. The van der Waals surface area contributed by atoms with Gasteiger partial charge in [0.1, 0.15) is 17.3 Å². The van der Waals surface area contributed by atoms with Crippen LogP contribution in [-0.4, -0.2) is 72.5 Å². The van der Waals surface area contributed by atoms with Gasteiger partial charge in [0.15, 0.2) is 0 Å². The maximum Gasteiger partial charge on any atom is 0.410 e. The second kappa shape index (κ2) is 10.8. The van der Waals surface area contributed by atoms with Crippen molar-refractivity contribution in [2.75, 3.05) is 25.5 Å². The van der Waals surface area contributed by atoms with Crippen molar-refractivity contribution in [1.82, 2.24) is 10.2 Å². The summed E-state index contributed by atoms with van der Waals surface area (Å²) in [5, 5.41) is 6.52. The molecule has 1 fully saturated rings. The number of carbonyl (C=O) groups excluding carboxylic acids is 3. The predicted octanol–water partition coefficient (Wildman–Crippen LogP) is 3.62. The third-order valence-corrected chi connectivity index (χ3v) is 7.20. The van der Waals surface area contributed by atoms with E-state index in [1.807, 2.05) is 72.8 Å². The zero-order valence-electron chi connectivity index (χ0n) is 23.2. The Labute approximate surface area is 234 Å². The Morgan fingerprint density at radius 2 is 1.70 bits per heavy atom. The van der Waals surface area contributed by atoms with E-state index in [1.165, 1.54) is 12.0 Å². The molecule has 9 nitrogen and oxygen atoms in total. The minimum atomic E-state index is -1.22. The van der Waals surface area contributed by atoms with Crippen molar-refractivity contribution < 1.29 is 28.6 Å². The van der Waals surface area contributed by atoms with Crippen molar-refractivity contribution in [2.24, 2.45) is 0 Å². The van der Waals surface area contributed by atoms with Gasteiger partial charge in [-0.05, 0) is 51.0 Å². The summed E-state index contributed by atoms with van der Waals surface area (Å²) >= 11 is 0. The highest BCUT2D eigenvalue weighted by molar-refractivity contribution is 6.07. The number of benzene rings is 2. The highest BCUT2D eigenvalue weighted by Gasteiger charge is 2.58. The third-order valence-electron chi connectivity index (χ3n) is 7.20. The van der Waals surface area contributed by atoms with Gasteiger partial charge in [-0.15, -0.1) is 0 Å². The summed E-state index contributed by atoms with van der Waals surface area (Å²) in [6.45, 7) is 6.06. The molecule has 3 unspecified atom stereocenters. The maximum absolute atomic E-state index is 13.6. The summed E-state index contributed by atoms with van der Waals surface area (Å²) < 4.78 is 17.1. The van der Waals surface area contributed by atoms with E-state index >= 15 is 0 Å². The quantitative estimate of drug-likeness (QED) is 0.386. The molecule has 2 aromatic carbocycles. The number of esters is 1. The van der Waals surface area contributed by atoms with Crippen molar-refractivity contribution in [3.63, 3.8) is 0 Å². The molecule has 9 heteroatoms. The van der Waals surface area contributed by atoms with Gasteiger partial charge in [0.05, 0.1) is 30.3 Å². The molecule has 1 saturated heterocycles. The Hall–Kier alpha value is -4.11. The van der Waals surface area contributed by atoms with Gasteiger partial charge in [-0.1, -0.05) is 54.6 Å². The summed E-state index contributed by atoms with van der Waals surface area (Å²) in [6.07, 6.45) is 3.08. The van der Waals surface area contributed by atoms with Crippen LogP contribution >= 0.6 is 0 Å². The van der Waals surface area contributed by atoms with Gasteiger partial charge in [-0.3, -0.25) is 4.79 Å². The van der Waals surface area contributed by atoms with Crippen LogP contribution in [0.15, 0.2) is 84.0 Å². The van der Waals surface area contributed by atoms with Crippen LogP contribution < -0.4 is 10.6 Å². The summed E-state index contributed by atoms with van der Waals surface area (Å²) in [5.41, 5.74) is 0.502. The van der Waals surface area contributed by atoms with Crippen LogP contribution in [0.3, 0.4) is 0 Å². The lowest BCUT2D eigenvalue weighted by Gasteiger charge is -2.40. The van der Waals surface area contributed by atoms with Crippen LogP contribution in [-0.2, 0) is 30.2 Å². The van der Waals surface area contributed by atoms with E-state index in [2.05, 4.69) is 10.6 Å². The molecule has 210 valence electrons. The first-order chi connectivity index (χ1) is 19.1. The van der Waals surface area contributed by atoms with Crippen molar-refractivity contribution >= 4 is 23.7 Å². The van der Waals surface area contributed by atoms with Crippen LogP contribution in [0.2, 0.25) is 0 Å². The SMILES string of the molecule is COC(=O)C1=C(C(=O)NC2CN(C(=O)OC(C)(C)C)C2)C2C=CC1(C(Cc1ccccc1)Nc1ccccc1)O2. The predicted molar refractivity (Wildman–Crippen MR) is 150 cm³/mol. The summed E-state index contributed by atoms with van der Waals surface area (Å²) in [5.74, 6) is -1.03. The first-order valence-electron chi connectivity index (χ1n) is 13.4. The number of amides is 2. The van der Waals surface area contributed by atoms with Gasteiger partial charge in [0, 0.05) is 18.8 Å². The molecule has 40 heavy (non-hydrogen) atoms. The zero-order chi connectivity index (χ0) is 28.5. The van der Waals surface area contributed by atoms with E-state index in [0.29, 0.717) is 19.5 Å². The van der Waals surface area contributed by atoms with E-state index in [9.17, 15) is 14.4 Å². The molecular weight excluding hydrogens is 510 g/mol. The lowest BCUT2D eigenvalue weighted by molar-refractivity contribution is -0.138. The van der Waals surface area contributed by atoms with Gasteiger partial charge in [0.2, 0.25) is 0 Å². The molecule has 3 aliphatic heterocycles. The molecule has 0 spiro atoms. The number of carbonyl (C=O) groups is 3. The van der Waals surface area contributed by atoms with Gasteiger partial charge in [0.25, 0.3) is 5.91 Å². The molecule has 2 N–H and O–H groups in total. The Morgan fingerprint density at radius 3 is 2.33 bits per heavy atom. The van der Waals surface area contributed by atoms with Crippen LogP contribution in [0.25, 0.3) is 0 Å². The highest BCUT2D eigenvalue weighted by Crippen LogP contribution is 2.47. The monoisotopic (exact) mass is 545 g/mol. The normalized spacial score (nSPS) is 22.5. The molecule has 0 aromatic heterocycles. The number of hydrogen-bond acceptors (Lipinski definition) is 7. The third kappa shape index (κ3) is 5.47. The Kier molecular flexibility index (Phi) is 7.42. The summed E-state index contributed by atoms with van der Waals surface area (Å²) in [4.78, 5) is 40.8. The number of anilines is 1. The molecule has 5 rings (SSSR count). The van der Waals surface area contributed by atoms with Gasteiger partial charge >= 0.3 is 12.1 Å². The lowest BCUT2D eigenvalue weighted by atomic mass is 9.78. The second-order valence-corrected chi connectivity index (χ2v) is 11.3. The van der Waals surface area contributed by atoms with Crippen LogP contribution in [0.1, 0.15) is 26.3 Å². The van der Waals surface area contributed by atoms with Crippen molar-refractivity contribution in [3.8, 4) is 0 Å². The molecular formula is C31H35N3O6. The smallest absolute Gasteiger partial charge is 0.410 e. The summed E-state index contributed by atoms with van der Waals surface area (Å²) in [7, 11) is 1.30. The van der Waals surface area contributed by atoms with Crippen LogP contribution in [0.5, 0.6) is 0 Å². The van der Waals surface area contributed by atoms with E-state index in [4.69, 9.17) is 14.2 Å². The number of para-hydroxylation sites is 1. The van der Waals surface area contributed by atoms with E-state index in [0.717, 1.165) is 11.3 Å². The summed E-state index contributed by atoms with van der Waals surface area (Å²) in [6, 6.07) is 18.9. The highest BCUT2D eigenvalue weighted by atomic mass is 16.6. The number of hydrogen-bond donors (Lipinski definition) is 2. The fourth-order valence-corrected chi connectivity index (χ4v) is 5.36. The van der Waals surface area contributed by atoms with Crippen molar-refractivity contribution in [3.05, 3.63) is 89.5 Å². The number of ether oxygens (including phenoxy) is 3. The number of nitrogens with zero attached hydrogens (tertiary/aromatic N) is 1. The van der Waals surface area contributed by atoms with E-state index in [1.54, 1.807) is 20.8 Å².